The maximum Gasteiger partial charge on any atom is 0.262 e. The number of carbonyl (C=O) groups is 1. The van der Waals surface area contributed by atoms with Gasteiger partial charge in [0.2, 0.25) is 5.91 Å². The zero-order chi connectivity index (χ0) is 23.3. The van der Waals surface area contributed by atoms with Crippen LogP contribution in [0.2, 0.25) is 0 Å². The number of rotatable bonds is 8. The van der Waals surface area contributed by atoms with E-state index in [4.69, 9.17) is 9.72 Å². The third-order valence-corrected chi connectivity index (χ3v) is 7.43. The number of likely N-dealkylation sites (tertiary alicyclic amines) is 1. The Morgan fingerprint density at radius 1 is 1.12 bits per heavy atom. The Labute approximate surface area is 203 Å². The van der Waals surface area contributed by atoms with Crippen molar-refractivity contribution in [3.05, 3.63) is 70.5 Å². The molecular formula is C26H30N4O3S. The number of para-hydroxylation sites is 1. The van der Waals surface area contributed by atoms with Crippen LogP contribution in [0.4, 0.5) is 0 Å². The summed E-state index contributed by atoms with van der Waals surface area (Å²) in [7, 11) is 0. The minimum Gasteiger partial charge on any atom is -0.376 e. The van der Waals surface area contributed by atoms with Crippen LogP contribution in [-0.2, 0) is 22.6 Å². The van der Waals surface area contributed by atoms with Crippen molar-refractivity contribution >= 4 is 28.6 Å². The third-order valence-electron chi connectivity index (χ3n) is 6.46. The molecule has 8 heteroatoms. The van der Waals surface area contributed by atoms with Crippen molar-refractivity contribution in [1.29, 1.82) is 0 Å². The minimum atomic E-state index is -0.0728. The van der Waals surface area contributed by atoms with Crippen LogP contribution >= 0.6 is 11.8 Å². The highest BCUT2D eigenvalue weighted by Crippen LogP contribution is 2.21. The fourth-order valence-corrected chi connectivity index (χ4v) is 5.57. The van der Waals surface area contributed by atoms with Gasteiger partial charge in [-0.05, 0) is 37.0 Å². The van der Waals surface area contributed by atoms with Gasteiger partial charge < -0.3 is 10.1 Å². The molecule has 0 aliphatic carbocycles. The Hall–Kier alpha value is -2.68. The van der Waals surface area contributed by atoms with Crippen LogP contribution in [0, 0.1) is 0 Å². The smallest absolute Gasteiger partial charge is 0.262 e. The molecule has 7 nitrogen and oxygen atoms in total. The summed E-state index contributed by atoms with van der Waals surface area (Å²) in [5.74, 6) is 0.202. The summed E-state index contributed by atoms with van der Waals surface area (Å²) < 4.78 is 7.45. The molecule has 2 aliphatic rings. The molecule has 2 aromatic carbocycles. The normalized spacial score (nSPS) is 20.7. The van der Waals surface area contributed by atoms with Crippen LogP contribution in [0.15, 0.2) is 64.5 Å². The van der Waals surface area contributed by atoms with Gasteiger partial charge in [0.15, 0.2) is 5.16 Å². The highest BCUT2D eigenvalue weighted by molar-refractivity contribution is 7.99. The molecule has 178 valence electrons. The van der Waals surface area contributed by atoms with Crippen molar-refractivity contribution in [1.82, 2.24) is 19.8 Å². The Bertz CT molecular complexity index is 1190. The predicted molar refractivity (Wildman–Crippen MR) is 134 cm³/mol. The van der Waals surface area contributed by atoms with E-state index in [1.54, 1.807) is 10.6 Å². The van der Waals surface area contributed by atoms with Crippen LogP contribution in [0.3, 0.4) is 0 Å². The van der Waals surface area contributed by atoms with Gasteiger partial charge in [-0.1, -0.05) is 54.2 Å². The van der Waals surface area contributed by atoms with Crippen LogP contribution in [-0.4, -0.2) is 58.0 Å². The fraction of sp³-hybridized carbons (Fsp3) is 0.423. The monoisotopic (exact) mass is 478 g/mol. The summed E-state index contributed by atoms with van der Waals surface area (Å²) in [6.07, 6.45) is 2.91. The summed E-state index contributed by atoms with van der Waals surface area (Å²) in [5.41, 5.74) is 1.87. The highest BCUT2D eigenvalue weighted by Gasteiger charge is 2.25. The molecule has 3 aromatic rings. The van der Waals surface area contributed by atoms with Crippen molar-refractivity contribution in [3.8, 4) is 0 Å². The quantitative estimate of drug-likeness (QED) is 0.396. The van der Waals surface area contributed by atoms with E-state index in [0.29, 0.717) is 22.6 Å². The summed E-state index contributed by atoms with van der Waals surface area (Å²) >= 11 is 1.32. The topological polar surface area (TPSA) is 76.5 Å². The molecule has 5 rings (SSSR count). The molecule has 1 amide bonds. The Morgan fingerprint density at radius 3 is 2.76 bits per heavy atom. The lowest BCUT2D eigenvalue weighted by Gasteiger charge is -2.18. The van der Waals surface area contributed by atoms with Gasteiger partial charge in [0.25, 0.3) is 5.56 Å². The standard InChI is InChI=1S/C26H30N4O3S/c31-24(27-20-12-13-29(16-20)15-19-7-2-1-3-8-19)18-34-26-28-23-11-5-4-10-22(23)25(32)30(26)17-21-9-6-14-33-21/h1-5,7-8,10-11,20-21H,6,9,12-18H2,(H,27,31). The van der Waals surface area contributed by atoms with Gasteiger partial charge in [0.05, 0.1) is 29.3 Å². The van der Waals surface area contributed by atoms with Crippen molar-refractivity contribution in [2.75, 3.05) is 25.4 Å². The average Bonchev–Trinajstić information content (AvgIpc) is 3.53. The number of nitrogens with one attached hydrogen (secondary N) is 1. The number of carbonyl (C=O) groups excluding carboxylic acids is 1. The van der Waals surface area contributed by atoms with E-state index in [1.807, 2.05) is 24.3 Å². The van der Waals surface area contributed by atoms with Gasteiger partial charge in [0.1, 0.15) is 0 Å². The molecule has 0 bridgehead atoms. The number of nitrogens with zero attached hydrogens (tertiary/aromatic N) is 3. The second kappa shape index (κ2) is 10.7. The first kappa shape index (κ1) is 23.1. The molecule has 2 aliphatic heterocycles. The van der Waals surface area contributed by atoms with E-state index >= 15 is 0 Å². The number of amides is 1. The molecular weight excluding hydrogens is 448 g/mol. The second-order valence-corrected chi connectivity index (χ2v) is 9.97. The van der Waals surface area contributed by atoms with E-state index in [2.05, 4.69) is 34.5 Å². The van der Waals surface area contributed by atoms with E-state index < -0.39 is 0 Å². The highest BCUT2D eigenvalue weighted by atomic mass is 32.2. The number of fused-ring (bicyclic) bond motifs is 1. The number of thioether (sulfide) groups is 1. The van der Waals surface area contributed by atoms with Crippen molar-refractivity contribution < 1.29 is 9.53 Å². The number of aromatic nitrogens is 2. The first-order valence-electron chi connectivity index (χ1n) is 12.0. The molecule has 3 heterocycles. The molecule has 2 atom stereocenters. The molecule has 0 spiro atoms. The van der Waals surface area contributed by atoms with Crippen LogP contribution in [0.1, 0.15) is 24.8 Å². The number of hydrogen-bond donors (Lipinski definition) is 1. The lowest BCUT2D eigenvalue weighted by Crippen LogP contribution is -2.38. The summed E-state index contributed by atoms with van der Waals surface area (Å²) in [4.78, 5) is 33.0. The second-order valence-electron chi connectivity index (χ2n) is 9.02. The van der Waals surface area contributed by atoms with Gasteiger partial charge >= 0.3 is 0 Å². The zero-order valence-electron chi connectivity index (χ0n) is 19.2. The fourth-order valence-electron chi connectivity index (χ4n) is 4.75. The SMILES string of the molecule is O=C(CSc1nc2ccccc2c(=O)n1CC1CCCO1)NC1CCN(Cc2ccccc2)C1. The third kappa shape index (κ3) is 5.51. The van der Waals surface area contributed by atoms with Gasteiger partial charge in [-0.15, -0.1) is 0 Å². The molecule has 2 fully saturated rings. The maximum absolute atomic E-state index is 13.2. The van der Waals surface area contributed by atoms with Gasteiger partial charge in [0, 0.05) is 32.3 Å². The predicted octanol–water partition coefficient (Wildman–Crippen LogP) is 3.06. The largest absolute Gasteiger partial charge is 0.376 e. The Balaban J connectivity index is 1.22. The van der Waals surface area contributed by atoms with E-state index in [-0.39, 0.29) is 29.4 Å². The molecule has 1 N–H and O–H groups in total. The molecule has 2 saturated heterocycles. The number of hydrogen-bond acceptors (Lipinski definition) is 6. The maximum atomic E-state index is 13.2. The number of benzene rings is 2. The van der Waals surface area contributed by atoms with Gasteiger partial charge in [-0.2, -0.15) is 0 Å². The van der Waals surface area contributed by atoms with Crippen LogP contribution < -0.4 is 10.9 Å². The minimum absolute atomic E-state index is 0.0166. The van der Waals surface area contributed by atoms with Crippen molar-refractivity contribution in [3.63, 3.8) is 0 Å². The van der Waals surface area contributed by atoms with Crippen LogP contribution in [0.5, 0.6) is 0 Å². The average molecular weight is 479 g/mol. The van der Waals surface area contributed by atoms with Crippen molar-refractivity contribution in [2.24, 2.45) is 0 Å². The number of ether oxygens (including phenoxy) is 1. The zero-order valence-corrected chi connectivity index (χ0v) is 20.0. The van der Waals surface area contributed by atoms with Gasteiger partial charge in [-0.25, -0.2) is 4.98 Å². The molecule has 0 radical (unpaired) electrons. The first-order valence-corrected chi connectivity index (χ1v) is 12.9. The molecule has 1 aromatic heterocycles. The summed E-state index contributed by atoms with van der Waals surface area (Å²) in [5, 5.41) is 4.34. The summed E-state index contributed by atoms with van der Waals surface area (Å²) in [6.45, 7) is 3.92. The Kier molecular flexibility index (Phi) is 7.27. The van der Waals surface area contributed by atoms with Gasteiger partial charge in [-0.3, -0.25) is 19.1 Å². The summed E-state index contributed by atoms with van der Waals surface area (Å²) in [6, 6.07) is 17.9. The van der Waals surface area contributed by atoms with E-state index in [0.717, 1.165) is 45.5 Å². The molecule has 0 saturated carbocycles. The van der Waals surface area contributed by atoms with Crippen LogP contribution in [0.25, 0.3) is 10.9 Å². The first-order chi connectivity index (χ1) is 16.7. The Morgan fingerprint density at radius 2 is 1.94 bits per heavy atom. The lowest BCUT2D eigenvalue weighted by molar-refractivity contribution is -0.119. The van der Waals surface area contributed by atoms with E-state index in [1.165, 1.54) is 17.3 Å². The van der Waals surface area contributed by atoms with E-state index in [9.17, 15) is 9.59 Å². The van der Waals surface area contributed by atoms with Crippen molar-refractivity contribution in [2.45, 2.75) is 49.7 Å². The molecule has 34 heavy (non-hydrogen) atoms. The lowest BCUT2D eigenvalue weighted by atomic mass is 10.2. The molecule has 2 unspecified atom stereocenters.